The minimum absolute atomic E-state index is 0.231. The molecule has 0 aromatic rings. The Labute approximate surface area is 51.5 Å². The molecular formula is C7H13N. The van der Waals surface area contributed by atoms with E-state index in [1.54, 1.807) is 0 Å². The highest BCUT2D eigenvalue weighted by molar-refractivity contribution is 4.99. The monoisotopic (exact) mass is 111 g/mol. The van der Waals surface area contributed by atoms with E-state index in [0.717, 1.165) is 0 Å². The van der Waals surface area contributed by atoms with Crippen molar-refractivity contribution in [2.24, 2.45) is 5.92 Å². The van der Waals surface area contributed by atoms with Crippen molar-refractivity contribution in [2.75, 3.05) is 7.05 Å². The Kier molecular flexibility index (Phi) is 3.30. The predicted octanol–water partition coefficient (Wildman–Crippen LogP) is 0.864. The third-order valence-electron chi connectivity index (χ3n) is 1.16. The summed E-state index contributed by atoms with van der Waals surface area (Å²) in [5, 5.41) is 3.02. The smallest absolute Gasteiger partial charge is 0.0707 e. The minimum Gasteiger partial charge on any atom is -0.307 e. The standard InChI is InChI=1S/C7H13N/c1-5-7(8-4)6(2)3/h1,6-8H,2-4H3. The summed E-state index contributed by atoms with van der Waals surface area (Å²) in [5.74, 6) is 3.17. The van der Waals surface area contributed by atoms with Gasteiger partial charge in [-0.15, -0.1) is 6.42 Å². The molecule has 0 aliphatic heterocycles. The molecule has 0 aromatic carbocycles. The van der Waals surface area contributed by atoms with Gasteiger partial charge in [-0.25, -0.2) is 0 Å². The van der Waals surface area contributed by atoms with Gasteiger partial charge in [0.25, 0.3) is 0 Å². The number of rotatable bonds is 2. The fourth-order valence-corrected chi connectivity index (χ4v) is 0.609. The van der Waals surface area contributed by atoms with Crippen LogP contribution in [-0.4, -0.2) is 13.1 Å². The summed E-state index contributed by atoms with van der Waals surface area (Å²) in [5.41, 5.74) is 0. The van der Waals surface area contributed by atoms with Gasteiger partial charge < -0.3 is 5.32 Å². The van der Waals surface area contributed by atoms with Crippen molar-refractivity contribution < 1.29 is 0 Å². The molecule has 0 aliphatic carbocycles. The van der Waals surface area contributed by atoms with Crippen molar-refractivity contribution in [1.82, 2.24) is 5.32 Å². The fraction of sp³-hybridized carbons (Fsp3) is 0.714. The van der Waals surface area contributed by atoms with Gasteiger partial charge in [-0.1, -0.05) is 19.8 Å². The molecule has 0 amide bonds. The summed E-state index contributed by atoms with van der Waals surface area (Å²) in [4.78, 5) is 0. The molecular weight excluding hydrogens is 98.1 g/mol. The summed E-state index contributed by atoms with van der Waals surface area (Å²) >= 11 is 0. The van der Waals surface area contributed by atoms with Crippen LogP contribution in [-0.2, 0) is 0 Å². The molecule has 1 heteroatoms. The van der Waals surface area contributed by atoms with Crippen molar-refractivity contribution in [3.8, 4) is 12.3 Å². The Morgan fingerprint density at radius 1 is 1.50 bits per heavy atom. The summed E-state index contributed by atoms with van der Waals surface area (Å²) in [7, 11) is 1.88. The lowest BCUT2D eigenvalue weighted by molar-refractivity contribution is 0.513. The number of nitrogens with one attached hydrogen (secondary N) is 1. The molecule has 1 N–H and O–H groups in total. The van der Waals surface area contributed by atoms with Crippen molar-refractivity contribution in [3.05, 3.63) is 0 Å². The van der Waals surface area contributed by atoms with E-state index >= 15 is 0 Å². The quantitative estimate of drug-likeness (QED) is 0.521. The molecule has 0 saturated carbocycles. The van der Waals surface area contributed by atoms with Gasteiger partial charge in [0.2, 0.25) is 0 Å². The highest BCUT2D eigenvalue weighted by Gasteiger charge is 2.04. The van der Waals surface area contributed by atoms with Crippen molar-refractivity contribution in [2.45, 2.75) is 19.9 Å². The van der Waals surface area contributed by atoms with Crippen molar-refractivity contribution in [1.29, 1.82) is 0 Å². The van der Waals surface area contributed by atoms with Gasteiger partial charge in [0.1, 0.15) is 0 Å². The Morgan fingerprint density at radius 3 is 2.00 bits per heavy atom. The van der Waals surface area contributed by atoms with Gasteiger partial charge in [0, 0.05) is 0 Å². The summed E-state index contributed by atoms with van der Waals surface area (Å²) in [6.45, 7) is 4.20. The van der Waals surface area contributed by atoms with Crippen molar-refractivity contribution in [3.63, 3.8) is 0 Å². The highest BCUT2D eigenvalue weighted by atomic mass is 14.9. The van der Waals surface area contributed by atoms with Crippen molar-refractivity contribution >= 4 is 0 Å². The van der Waals surface area contributed by atoms with E-state index in [9.17, 15) is 0 Å². The second kappa shape index (κ2) is 3.51. The predicted molar refractivity (Wildman–Crippen MR) is 36.5 cm³/mol. The number of hydrogen-bond donors (Lipinski definition) is 1. The van der Waals surface area contributed by atoms with E-state index in [4.69, 9.17) is 6.42 Å². The Hall–Kier alpha value is -0.480. The molecule has 0 fully saturated rings. The molecule has 0 aliphatic rings. The fourth-order valence-electron chi connectivity index (χ4n) is 0.609. The van der Waals surface area contributed by atoms with Gasteiger partial charge >= 0.3 is 0 Å². The van der Waals surface area contributed by atoms with Crippen LogP contribution >= 0.6 is 0 Å². The van der Waals surface area contributed by atoms with E-state index in [2.05, 4.69) is 25.1 Å². The number of terminal acetylenes is 1. The average molecular weight is 111 g/mol. The summed E-state index contributed by atoms with van der Waals surface area (Å²) in [6.07, 6.45) is 5.17. The average Bonchev–Trinajstić information content (AvgIpc) is 1.69. The van der Waals surface area contributed by atoms with Gasteiger partial charge in [0.05, 0.1) is 6.04 Å². The molecule has 1 atom stereocenters. The minimum atomic E-state index is 0.231. The first-order chi connectivity index (χ1) is 3.72. The van der Waals surface area contributed by atoms with Gasteiger partial charge in [-0.2, -0.15) is 0 Å². The van der Waals surface area contributed by atoms with Gasteiger partial charge in [-0.3, -0.25) is 0 Å². The maximum Gasteiger partial charge on any atom is 0.0707 e. The first-order valence-electron chi connectivity index (χ1n) is 2.85. The van der Waals surface area contributed by atoms with E-state index in [-0.39, 0.29) is 6.04 Å². The van der Waals surface area contributed by atoms with Crippen LogP contribution in [0, 0.1) is 18.3 Å². The molecule has 0 rings (SSSR count). The molecule has 1 unspecified atom stereocenters. The van der Waals surface area contributed by atoms with Crippen LogP contribution < -0.4 is 5.32 Å². The normalized spacial score (nSPS) is 13.4. The first kappa shape index (κ1) is 7.52. The maximum atomic E-state index is 5.17. The molecule has 1 nitrogen and oxygen atoms in total. The molecule has 0 heterocycles. The van der Waals surface area contributed by atoms with E-state index in [0.29, 0.717) is 5.92 Å². The molecule has 0 spiro atoms. The molecule has 0 aromatic heterocycles. The lowest BCUT2D eigenvalue weighted by Crippen LogP contribution is -2.28. The number of hydrogen-bond acceptors (Lipinski definition) is 1. The Balaban J connectivity index is 3.57. The third kappa shape index (κ3) is 1.99. The molecule has 8 heavy (non-hydrogen) atoms. The largest absolute Gasteiger partial charge is 0.307 e. The van der Waals surface area contributed by atoms with E-state index in [1.807, 2.05) is 7.05 Å². The molecule has 46 valence electrons. The zero-order chi connectivity index (χ0) is 6.57. The van der Waals surface area contributed by atoms with Crippen LogP contribution in [0.5, 0.6) is 0 Å². The van der Waals surface area contributed by atoms with E-state index in [1.165, 1.54) is 0 Å². The maximum absolute atomic E-state index is 5.17. The zero-order valence-corrected chi connectivity index (χ0v) is 5.73. The summed E-state index contributed by atoms with van der Waals surface area (Å²) in [6, 6.07) is 0.231. The lowest BCUT2D eigenvalue weighted by Gasteiger charge is -2.11. The highest BCUT2D eigenvalue weighted by Crippen LogP contribution is 1.97. The first-order valence-corrected chi connectivity index (χ1v) is 2.85. The second-order valence-electron chi connectivity index (χ2n) is 2.18. The Bertz CT molecular complexity index is 89.1. The zero-order valence-electron chi connectivity index (χ0n) is 5.73. The third-order valence-corrected chi connectivity index (χ3v) is 1.16. The van der Waals surface area contributed by atoms with Crippen LogP contribution in [0.4, 0.5) is 0 Å². The van der Waals surface area contributed by atoms with Crippen LogP contribution in [0.3, 0.4) is 0 Å². The van der Waals surface area contributed by atoms with Crippen LogP contribution in [0.25, 0.3) is 0 Å². The Morgan fingerprint density at radius 2 is 2.00 bits per heavy atom. The summed E-state index contributed by atoms with van der Waals surface area (Å²) < 4.78 is 0. The molecule has 0 bridgehead atoms. The van der Waals surface area contributed by atoms with Gasteiger partial charge in [0.15, 0.2) is 0 Å². The molecule has 0 radical (unpaired) electrons. The van der Waals surface area contributed by atoms with Gasteiger partial charge in [-0.05, 0) is 13.0 Å². The van der Waals surface area contributed by atoms with Crippen LogP contribution in [0.15, 0.2) is 0 Å². The van der Waals surface area contributed by atoms with Crippen LogP contribution in [0.2, 0.25) is 0 Å². The molecule has 0 saturated heterocycles. The SMILES string of the molecule is C#CC(NC)C(C)C. The topological polar surface area (TPSA) is 12.0 Å². The second-order valence-corrected chi connectivity index (χ2v) is 2.18. The van der Waals surface area contributed by atoms with Crippen LogP contribution in [0.1, 0.15) is 13.8 Å². The van der Waals surface area contributed by atoms with E-state index < -0.39 is 0 Å². The lowest BCUT2D eigenvalue weighted by atomic mass is 10.1.